The van der Waals surface area contributed by atoms with E-state index >= 15 is 0 Å². The first kappa shape index (κ1) is 12.2. The van der Waals surface area contributed by atoms with Crippen LogP contribution in [0.1, 0.15) is 35.9 Å². The lowest BCUT2D eigenvalue weighted by molar-refractivity contribution is 0.0995. The number of hydrogen-bond acceptors (Lipinski definition) is 3. The van der Waals surface area contributed by atoms with Gasteiger partial charge in [0.1, 0.15) is 5.69 Å². The van der Waals surface area contributed by atoms with Gasteiger partial charge in [0, 0.05) is 11.3 Å². The highest BCUT2D eigenvalue weighted by Crippen LogP contribution is 2.19. The van der Waals surface area contributed by atoms with Gasteiger partial charge in [0.05, 0.1) is 0 Å². The third-order valence-electron chi connectivity index (χ3n) is 2.62. The number of aromatic nitrogens is 2. The Morgan fingerprint density at radius 3 is 2.39 bits per heavy atom. The van der Waals surface area contributed by atoms with E-state index in [1.807, 2.05) is 44.2 Å². The SMILES string of the molecule is CC(C)c1cc(C(N)=O)nc(-c2ccccc2)n1. The van der Waals surface area contributed by atoms with E-state index in [0.29, 0.717) is 5.82 Å². The molecule has 1 heterocycles. The molecule has 4 heteroatoms. The smallest absolute Gasteiger partial charge is 0.267 e. The largest absolute Gasteiger partial charge is 0.364 e. The van der Waals surface area contributed by atoms with Crippen molar-refractivity contribution < 1.29 is 4.79 Å². The number of primary amides is 1. The Labute approximate surface area is 106 Å². The third-order valence-corrected chi connectivity index (χ3v) is 2.62. The van der Waals surface area contributed by atoms with Gasteiger partial charge in [0.25, 0.3) is 5.91 Å². The lowest BCUT2D eigenvalue weighted by Gasteiger charge is -2.08. The molecule has 1 aromatic heterocycles. The van der Waals surface area contributed by atoms with Crippen LogP contribution in [0, 0.1) is 0 Å². The average molecular weight is 241 g/mol. The van der Waals surface area contributed by atoms with Crippen LogP contribution >= 0.6 is 0 Å². The van der Waals surface area contributed by atoms with E-state index in [0.717, 1.165) is 11.3 Å². The summed E-state index contributed by atoms with van der Waals surface area (Å²) in [6.07, 6.45) is 0. The van der Waals surface area contributed by atoms with Crippen LogP contribution in [0.25, 0.3) is 11.4 Å². The van der Waals surface area contributed by atoms with Gasteiger partial charge in [-0.05, 0) is 12.0 Å². The topological polar surface area (TPSA) is 68.9 Å². The van der Waals surface area contributed by atoms with E-state index in [9.17, 15) is 4.79 Å². The summed E-state index contributed by atoms with van der Waals surface area (Å²) >= 11 is 0. The Bertz CT molecular complexity index is 565. The first-order valence-electron chi connectivity index (χ1n) is 5.82. The van der Waals surface area contributed by atoms with Gasteiger partial charge in [-0.1, -0.05) is 44.2 Å². The lowest BCUT2D eigenvalue weighted by Crippen LogP contribution is -2.15. The quantitative estimate of drug-likeness (QED) is 0.896. The van der Waals surface area contributed by atoms with Crippen LogP contribution in [0.3, 0.4) is 0 Å². The molecule has 0 atom stereocenters. The Morgan fingerprint density at radius 1 is 1.17 bits per heavy atom. The van der Waals surface area contributed by atoms with Crippen LogP contribution in [-0.4, -0.2) is 15.9 Å². The first-order chi connectivity index (χ1) is 8.58. The molecule has 18 heavy (non-hydrogen) atoms. The summed E-state index contributed by atoms with van der Waals surface area (Å²) in [5.74, 6) is 0.223. The molecule has 0 saturated heterocycles. The number of hydrogen-bond donors (Lipinski definition) is 1. The van der Waals surface area contributed by atoms with Gasteiger partial charge in [-0.3, -0.25) is 4.79 Å². The monoisotopic (exact) mass is 241 g/mol. The molecule has 2 N–H and O–H groups in total. The molecule has 0 spiro atoms. The van der Waals surface area contributed by atoms with Crippen LogP contribution in [0.15, 0.2) is 36.4 Å². The van der Waals surface area contributed by atoms with Gasteiger partial charge in [-0.2, -0.15) is 0 Å². The Kier molecular flexibility index (Phi) is 3.37. The van der Waals surface area contributed by atoms with Crippen molar-refractivity contribution in [2.45, 2.75) is 19.8 Å². The number of amides is 1. The molecule has 0 saturated carbocycles. The maximum absolute atomic E-state index is 11.3. The predicted molar refractivity (Wildman–Crippen MR) is 70.1 cm³/mol. The molecule has 0 aliphatic heterocycles. The van der Waals surface area contributed by atoms with E-state index in [1.54, 1.807) is 6.07 Å². The number of nitrogens with two attached hydrogens (primary N) is 1. The van der Waals surface area contributed by atoms with Crippen molar-refractivity contribution in [1.29, 1.82) is 0 Å². The fourth-order valence-electron chi connectivity index (χ4n) is 1.60. The summed E-state index contributed by atoms with van der Waals surface area (Å²) in [7, 11) is 0. The maximum atomic E-state index is 11.3. The summed E-state index contributed by atoms with van der Waals surface area (Å²) in [6, 6.07) is 11.2. The van der Waals surface area contributed by atoms with E-state index in [-0.39, 0.29) is 11.6 Å². The molecule has 0 bridgehead atoms. The summed E-state index contributed by atoms with van der Waals surface area (Å²) in [5, 5.41) is 0. The van der Waals surface area contributed by atoms with Crippen LogP contribution in [0.4, 0.5) is 0 Å². The van der Waals surface area contributed by atoms with Crippen molar-refractivity contribution in [3.05, 3.63) is 47.8 Å². The fourth-order valence-corrected chi connectivity index (χ4v) is 1.60. The van der Waals surface area contributed by atoms with Crippen molar-refractivity contribution in [3.63, 3.8) is 0 Å². The molecule has 0 aliphatic carbocycles. The normalized spacial score (nSPS) is 10.6. The number of carbonyl (C=O) groups is 1. The van der Waals surface area contributed by atoms with E-state index < -0.39 is 5.91 Å². The molecule has 92 valence electrons. The molecular formula is C14H15N3O. The average Bonchev–Trinajstić information content (AvgIpc) is 2.39. The van der Waals surface area contributed by atoms with Gasteiger partial charge < -0.3 is 5.73 Å². The van der Waals surface area contributed by atoms with Crippen LogP contribution < -0.4 is 5.73 Å². The highest BCUT2D eigenvalue weighted by atomic mass is 16.1. The van der Waals surface area contributed by atoms with Crippen LogP contribution in [-0.2, 0) is 0 Å². The highest BCUT2D eigenvalue weighted by Gasteiger charge is 2.12. The maximum Gasteiger partial charge on any atom is 0.267 e. The van der Waals surface area contributed by atoms with Crippen molar-refractivity contribution in [1.82, 2.24) is 9.97 Å². The van der Waals surface area contributed by atoms with Crippen molar-refractivity contribution in [2.24, 2.45) is 5.73 Å². The van der Waals surface area contributed by atoms with Crippen molar-refractivity contribution in [2.75, 3.05) is 0 Å². The molecule has 2 aromatic rings. The van der Waals surface area contributed by atoms with Crippen LogP contribution in [0.5, 0.6) is 0 Å². The molecular weight excluding hydrogens is 226 g/mol. The van der Waals surface area contributed by atoms with E-state index in [4.69, 9.17) is 5.73 Å². The van der Waals surface area contributed by atoms with Gasteiger partial charge in [-0.15, -0.1) is 0 Å². The Balaban J connectivity index is 2.57. The van der Waals surface area contributed by atoms with E-state index in [1.165, 1.54) is 0 Å². The molecule has 2 rings (SSSR count). The van der Waals surface area contributed by atoms with Gasteiger partial charge in [0.2, 0.25) is 0 Å². The molecule has 1 aromatic carbocycles. The lowest BCUT2D eigenvalue weighted by atomic mass is 10.1. The van der Waals surface area contributed by atoms with Gasteiger partial charge in [-0.25, -0.2) is 9.97 Å². The number of nitrogens with zero attached hydrogens (tertiary/aromatic N) is 2. The molecule has 0 aliphatic rings. The Morgan fingerprint density at radius 2 is 1.83 bits per heavy atom. The summed E-state index contributed by atoms with van der Waals surface area (Å²) in [4.78, 5) is 20.0. The fraction of sp³-hybridized carbons (Fsp3) is 0.214. The Hall–Kier alpha value is -2.23. The predicted octanol–water partition coefficient (Wildman–Crippen LogP) is 2.37. The second-order valence-electron chi connectivity index (χ2n) is 4.39. The minimum Gasteiger partial charge on any atom is -0.364 e. The van der Waals surface area contributed by atoms with Crippen molar-refractivity contribution >= 4 is 5.91 Å². The molecule has 4 nitrogen and oxygen atoms in total. The minimum absolute atomic E-state index is 0.216. The zero-order valence-corrected chi connectivity index (χ0v) is 10.4. The standard InChI is InChI=1S/C14H15N3O/c1-9(2)11-8-12(13(15)18)17-14(16-11)10-6-4-3-5-7-10/h3-9H,1-2H3,(H2,15,18). The zero-order chi connectivity index (χ0) is 13.1. The second kappa shape index (κ2) is 4.96. The molecule has 0 fully saturated rings. The third kappa shape index (κ3) is 2.53. The summed E-state index contributed by atoms with van der Waals surface area (Å²) < 4.78 is 0. The molecule has 1 amide bonds. The number of carbonyl (C=O) groups excluding carboxylic acids is 1. The van der Waals surface area contributed by atoms with E-state index in [2.05, 4.69) is 9.97 Å². The minimum atomic E-state index is -0.531. The van der Waals surface area contributed by atoms with Crippen molar-refractivity contribution in [3.8, 4) is 11.4 Å². The summed E-state index contributed by atoms with van der Waals surface area (Å²) in [5.41, 5.74) is 7.25. The van der Waals surface area contributed by atoms with Crippen LogP contribution in [0.2, 0.25) is 0 Å². The first-order valence-corrected chi connectivity index (χ1v) is 5.82. The zero-order valence-electron chi connectivity index (χ0n) is 10.4. The second-order valence-corrected chi connectivity index (χ2v) is 4.39. The summed E-state index contributed by atoms with van der Waals surface area (Å²) in [6.45, 7) is 4.03. The van der Waals surface area contributed by atoms with Gasteiger partial charge in [0.15, 0.2) is 5.82 Å². The highest BCUT2D eigenvalue weighted by molar-refractivity contribution is 5.91. The van der Waals surface area contributed by atoms with Gasteiger partial charge >= 0.3 is 0 Å². The number of benzene rings is 1. The molecule has 0 unspecified atom stereocenters. The molecule has 0 radical (unpaired) electrons. The number of rotatable bonds is 3.